The highest BCUT2D eigenvalue weighted by molar-refractivity contribution is 6.30. The smallest absolute Gasteiger partial charge is 0.136 e. The van der Waals surface area contributed by atoms with Crippen LogP contribution in [0.4, 0.5) is 0 Å². The van der Waals surface area contributed by atoms with Crippen LogP contribution >= 0.6 is 11.6 Å². The summed E-state index contributed by atoms with van der Waals surface area (Å²) in [5.41, 5.74) is 3.40. The zero-order valence-corrected chi connectivity index (χ0v) is 10.5. The highest BCUT2D eigenvalue weighted by Gasteiger charge is 2.12. The van der Waals surface area contributed by atoms with Gasteiger partial charge >= 0.3 is 0 Å². The van der Waals surface area contributed by atoms with Crippen molar-refractivity contribution < 1.29 is 0 Å². The number of hydrogen-bond donors (Lipinski definition) is 0. The van der Waals surface area contributed by atoms with Crippen LogP contribution in [0.1, 0.15) is 23.7 Å². The quantitative estimate of drug-likeness (QED) is 0.815. The van der Waals surface area contributed by atoms with Crippen molar-refractivity contribution in [3.05, 3.63) is 46.2 Å². The predicted molar refractivity (Wildman–Crippen MR) is 67.4 cm³/mol. The normalized spacial score (nSPS) is 10.2. The van der Waals surface area contributed by atoms with Gasteiger partial charge in [-0.15, -0.1) is 0 Å². The van der Waals surface area contributed by atoms with Crippen molar-refractivity contribution in [2.45, 2.75) is 20.3 Å². The topological polar surface area (TPSA) is 41.6 Å². The van der Waals surface area contributed by atoms with E-state index in [1.807, 2.05) is 26.0 Å². The molecule has 0 spiro atoms. The fourth-order valence-electron chi connectivity index (χ4n) is 1.81. The first-order valence-electron chi connectivity index (χ1n) is 5.42. The molecule has 0 aliphatic heterocycles. The third-order valence-electron chi connectivity index (χ3n) is 2.70. The Bertz CT molecular complexity index is 593. The van der Waals surface area contributed by atoms with Gasteiger partial charge in [0.15, 0.2) is 0 Å². The molecule has 0 N–H and O–H groups in total. The number of benzene rings is 1. The summed E-state index contributed by atoms with van der Waals surface area (Å²) >= 11 is 6.28. The van der Waals surface area contributed by atoms with Crippen molar-refractivity contribution in [1.29, 1.82) is 5.26 Å². The Hall–Kier alpha value is -1.79. The van der Waals surface area contributed by atoms with Crippen LogP contribution in [0.25, 0.3) is 5.69 Å². The van der Waals surface area contributed by atoms with E-state index in [1.165, 1.54) is 0 Å². The van der Waals surface area contributed by atoms with Gasteiger partial charge in [0.25, 0.3) is 0 Å². The molecule has 0 aliphatic carbocycles. The van der Waals surface area contributed by atoms with Crippen LogP contribution in [0.15, 0.2) is 24.3 Å². The molecule has 2 aromatic rings. The van der Waals surface area contributed by atoms with Gasteiger partial charge in [-0.1, -0.05) is 24.6 Å². The Balaban J connectivity index is 2.57. The Morgan fingerprint density at radius 2 is 2.24 bits per heavy atom. The second kappa shape index (κ2) is 4.60. The first kappa shape index (κ1) is 11.7. The highest BCUT2D eigenvalue weighted by atomic mass is 35.5. The average molecular weight is 246 g/mol. The second-order valence-corrected chi connectivity index (χ2v) is 4.14. The van der Waals surface area contributed by atoms with E-state index in [4.69, 9.17) is 16.9 Å². The molecule has 3 nitrogen and oxygen atoms in total. The molecule has 1 heterocycles. The van der Waals surface area contributed by atoms with Gasteiger partial charge in [0.05, 0.1) is 23.0 Å². The standard InChI is InChI=1S/C13H12ClN3/c1-3-12-9(2)16-17(13(12)14)11-6-4-5-10(7-11)8-15/h4-7H,3H2,1-2H3. The molecular formula is C13H12ClN3. The van der Waals surface area contributed by atoms with E-state index in [2.05, 4.69) is 11.2 Å². The Morgan fingerprint density at radius 3 is 2.82 bits per heavy atom. The van der Waals surface area contributed by atoms with E-state index >= 15 is 0 Å². The molecule has 0 unspecified atom stereocenters. The SMILES string of the molecule is CCc1c(C)nn(-c2cccc(C#N)c2)c1Cl. The highest BCUT2D eigenvalue weighted by Crippen LogP contribution is 2.24. The third-order valence-corrected chi connectivity index (χ3v) is 3.08. The molecule has 0 aliphatic rings. The van der Waals surface area contributed by atoms with Crippen LogP contribution in [0.3, 0.4) is 0 Å². The fraction of sp³-hybridized carbons (Fsp3) is 0.231. The largest absolute Gasteiger partial charge is 0.222 e. The van der Waals surface area contributed by atoms with Crippen LogP contribution in [0, 0.1) is 18.3 Å². The van der Waals surface area contributed by atoms with E-state index in [0.29, 0.717) is 10.7 Å². The van der Waals surface area contributed by atoms with Gasteiger partial charge in [0.1, 0.15) is 5.15 Å². The lowest BCUT2D eigenvalue weighted by Crippen LogP contribution is -1.97. The van der Waals surface area contributed by atoms with Crippen molar-refractivity contribution in [1.82, 2.24) is 9.78 Å². The Labute approximate surface area is 105 Å². The zero-order valence-electron chi connectivity index (χ0n) is 9.74. The van der Waals surface area contributed by atoms with E-state index in [9.17, 15) is 0 Å². The third kappa shape index (κ3) is 2.04. The first-order chi connectivity index (χ1) is 8.17. The van der Waals surface area contributed by atoms with Crippen LogP contribution in [0.2, 0.25) is 5.15 Å². The number of nitrogens with zero attached hydrogens (tertiary/aromatic N) is 3. The van der Waals surface area contributed by atoms with Crippen molar-refractivity contribution in [2.75, 3.05) is 0 Å². The number of halogens is 1. The van der Waals surface area contributed by atoms with Gasteiger partial charge < -0.3 is 0 Å². The summed E-state index contributed by atoms with van der Waals surface area (Å²) in [7, 11) is 0. The predicted octanol–water partition coefficient (Wildman–Crippen LogP) is 3.27. The molecule has 0 radical (unpaired) electrons. The Morgan fingerprint density at radius 1 is 1.47 bits per heavy atom. The molecule has 2 rings (SSSR count). The minimum absolute atomic E-state index is 0.602. The fourth-order valence-corrected chi connectivity index (χ4v) is 2.22. The number of nitriles is 1. The maximum Gasteiger partial charge on any atom is 0.136 e. The molecule has 1 aromatic heterocycles. The van der Waals surface area contributed by atoms with Crippen LogP contribution < -0.4 is 0 Å². The van der Waals surface area contributed by atoms with Gasteiger partial charge in [-0.3, -0.25) is 0 Å². The maximum atomic E-state index is 8.87. The lowest BCUT2D eigenvalue weighted by Gasteiger charge is -2.03. The molecule has 86 valence electrons. The van der Waals surface area contributed by atoms with E-state index < -0.39 is 0 Å². The van der Waals surface area contributed by atoms with Gasteiger partial charge in [-0.25, -0.2) is 4.68 Å². The molecule has 0 atom stereocenters. The van der Waals surface area contributed by atoms with E-state index in [1.54, 1.807) is 16.8 Å². The first-order valence-corrected chi connectivity index (χ1v) is 5.79. The molecule has 0 fully saturated rings. The van der Waals surface area contributed by atoms with E-state index in [-0.39, 0.29) is 0 Å². The Kier molecular flexibility index (Phi) is 3.16. The summed E-state index contributed by atoms with van der Waals surface area (Å²) in [4.78, 5) is 0. The second-order valence-electron chi connectivity index (χ2n) is 3.78. The van der Waals surface area contributed by atoms with Crippen molar-refractivity contribution in [2.24, 2.45) is 0 Å². The summed E-state index contributed by atoms with van der Waals surface area (Å²) in [6.07, 6.45) is 0.850. The van der Waals surface area contributed by atoms with E-state index in [0.717, 1.165) is 23.4 Å². The zero-order chi connectivity index (χ0) is 12.4. The van der Waals surface area contributed by atoms with Gasteiger partial charge in [-0.05, 0) is 31.5 Å². The maximum absolute atomic E-state index is 8.87. The number of aromatic nitrogens is 2. The minimum atomic E-state index is 0.602. The number of aryl methyl sites for hydroxylation is 1. The molecular weight excluding hydrogens is 234 g/mol. The van der Waals surface area contributed by atoms with Crippen LogP contribution in [-0.2, 0) is 6.42 Å². The molecule has 0 saturated heterocycles. The number of rotatable bonds is 2. The number of hydrogen-bond acceptors (Lipinski definition) is 2. The van der Waals surface area contributed by atoms with Gasteiger partial charge in [0.2, 0.25) is 0 Å². The van der Waals surface area contributed by atoms with Crippen molar-refractivity contribution >= 4 is 11.6 Å². The summed E-state index contributed by atoms with van der Waals surface area (Å²) < 4.78 is 1.68. The molecule has 4 heteroatoms. The summed E-state index contributed by atoms with van der Waals surface area (Å²) in [6.45, 7) is 3.99. The van der Waals surface area contributed by atoms with Crippen molar-refractivity contribution in [3.63, 3.8) is 0 Å². The molecule has 0 amide bonds. The monoisotopic (exact) mass is 245 g/mol. The molecule has 1 aromatic carbocycles. The van der Waals surface area contributed by atoms with Crippen LogP contribution in [-0.4, -0.2) is 9.78 Å². The van der Waals surface area contributed by atoms with Gasteiger partial charge in [0, 0.05) is 5.56 Å². The van der Waals surface area contributed by atoms with Crippen molar-refractivity contribution in [3.8, 4) is 11.8 Å². The lowest BCUT2D eigenvalue weighted by atomic mass is 10.2. The summed E-state index contributed by atoms with van der Waals surface area (Å²) in [5.74, 6) is 0. The molecule has 0 saturated carbocycles. The summed E-state index contributed by atoms with van der Waals surface area (Å²) in [6, 6.07) is 9.36. The molecule has 0 bridgehead atoms. The van der Waals surface area contributed by atoms with Gasteiger partial charge in [-0.2, -0.15) is 10.4 Å². The molecule has 17 heavy (non-hydrogen) atoms. The minimum Gasteiger partial charge on any atom is -0.222 e. The summed E-state index contributed by atoms with van der Waals surface area (Å²) in [5, 5.41) is 13.9. The lowest BCUT2D eigenvalue weighted by molar-refractivity contribution is 0.863. The average Bonchev–Trinajstić information content (AvgIpc) is 2.64. The van der Waals surface area contributed by atoms with Crippen LogP contribution in [0.5, 0.6) is 0 Å².